The minimum absolute atomic E-state index is 0.00412. The number of pyridine rings is 1. The predicted molar refractivity (Wildman–Crippen MR) is 144 cm³/mol. The predicted octanol–water partition coefficient (Wildman–Crippen LogP) is 6.75. The molecular formula is C27H16Cl2F2N8. The SMILES string of the molecule is N#CCn1cc([C@@H](Nc2cc(Cl)cc3c(Nc4ccc(F)c(Cl)c4)c(C#N)cnc23)c2ccc(F)cc2)nn1. The minimum atomic E-state index is -0.621. The summed E-state index contributed by atoms with van der Waals surface area (Å²) in [5.74, 6) is -0.975. The Kier molecular flexibility index (Phi) is 7.24. The summed E-state index contributed by atoms with van der Waals surface area (Å²) in [6.45, 7) is 0.00412. The minimum Gasteiger partial charge on any atom is -0.371 e. The lowest BCUT2D eigenvalue weighted by atomic mass is 10.0. The van der Waals surface area contributed by atoms with Crippen molar-refractivity contribution in [2.75, 3.05) is 10.6 Å². The van der Waals surface area contributed by atoms with E-state index in [0.29, 0.717) is 44.2 Å². The average Bonchev–Trinajstić information content (AvgIpc) is 3.38. The van der Waals surface area contributed by atoms with E-state index in [0.717, 1.165) is 0 Å². The van der Waals surface area contributed by atoms with Crippen molar-refractivity contribution >= 4 is 51.2 Å². The van der Waals surface area contributed by atoms with E-state index >= 15 is 0 Å². The Hall–Kier alpha value is -4.77. The standard InChI is InChI=1S/C27H16Cl2F2N8/c28-17-9-20-25(35-19-5-6-22(31)21(29)11-19)16(12-33)13-34-27(20)23(10-17)36-26(15-1-3-18(30)4-2-15)24-14-39(8-7-32)38-37-24/h1-6,9-11,13-14,26,36H,8H2,(H,34,35)/t26-/m0/s1. The number of nitrogens with one attached hydrogen (secondary N) is 2. The topological polar surface area (TPSA) is 115 Å². The smallest absolute Gasteiger partial charge is 0.141 e. The molecule has 0 bridgehead atoms. The van der Waals surface area contributed by atoms with Gasteiger partial charge >= 0.3 is 0 Å². The summed E-state index contributed by atoms with van der Waals surface area (Å²) in [5, 5.41) is 34.3. The maximum Gasteiger partial charge on any atom is 0.141 e. The van der Waals surface area contributed by atoms with Crippen LogP contribution in [0.1, 0.15) is 22.9 Å². The number of nitriles is 2. The Balaban J connectivity index is 1.63. The maximum atomic E-state index is 13.7. The second kappa shape index (κ2) is 10.9. The second-order valence-corrected chi connectivity index (χ2v) is 9.23. The zero-order chi connectivity index (χ0) is 27.5. The molecule has 0 unspecified atom stereocenters. The van der Waals surface area contributed by atoms with E-state index in [1.807, 2.05) is 6.07 Å². The molecule has 5 aromatic rings. The molecule has 0 radical (unpaired) electrons. The van der Waals surface area contributed by atoms with Crippen molar-refractivity contribution < 1.29 is 8.78 Å². The molecule has 0 aliphatic carbocycles. The first-order valence-corrected chi connectivity index (χ1v) is 12.1. The molecule has 8 nitrogen and oxygen atoms in total. The van der Waals surface area contributed by atoms with Crippen LogP contribution in [0, 0.1) is 34.3 Å². The van der Waals surface area contributed by atoms with E-state index in [1.165, 1.54) is 41.2 Å². The van der Waals surface area contributed by atoms with Gasteiger partial charge in [0.15, 0.2) is 0 Å². The number of anilines is 3. The molecule has 0 fully saturated rings. The molecule has 39 heavy (non-hydrogen) atoms. The molecule has 192 valence electrons. The van der Waals surface area contributed by atoms with Gasteiger partial charge in [-0.1, -0.05) is 40.5 Å². The van der Waals surface area contributed by atoms with Crippen LogP contribution >= 0.6 is 23.2 Å². The summed E-state index contributed by atoms with van der Waals surface area (Å²) in [6, 6.07) is 16.8. The van der Waals surface area contributed by atoms with E-state index in [4.69, 9.17) is 28.5 Å². The number of fused-ring (bicyclic) bond motifs is 1. The van der Waals surface area contributed by atoms with Gasteiger partial charge in [0, 0.05) is 22.3 Å². The summed E-state index contributed by atoms with van der Waals surface area (Å²) in [4.78, 5) is 4.50. The summed E-state index contributed by atoms with van der Waals surface area (Å²) >= 11 is 12.5. The Morgan fingerprint density at radius 3 is 2.54 bits per heavy atom. The molecule has 2 aromatic heterocycles. The number of hydrogen-bond acceptors (Lipinski definition) is 7. The first-order valence-electron chi connectivity index (χ1n) is 11.4. The Morgan fingerprint density at radius 1 is 1.03 bits per heavy atom. The van der Waals surface area contributed by atoms with Crippen LogP contribution in [-0.2, 0) is 6.54 Å². The van der Waals surface area contributed by atoms with E-state index in [2.05, 4.69) is 32.0 Å². The van der Waals surface area contributed by atoms with Crippen LogP contribution in [-0.4, -0.2) is 20.0 Å². The van der Waals surface area contributed by atoms with Crippen LogP contribution < -0.4 is 10.6 Å². The molecule has 0 saturated heterocycles. The second-order valence-electron chi connectivity index (χ2n) is 8.39. The molecule has 5 rings (SSSR count). The van der Waals surface area contributed by atoms with Gasteiger partial charge in [-0.2, -0.15) is 10.5 Å². The third kappa shape index (κ3) is 5.43. The maximum absolute atomic E-state index is 13.7. The molecule has 3 aromatic carbocycles. The van der Waals surface area contributed by atoms with Crippen molar-refractivity contribution in [3.05, 3.63) is 105 Å². The van der Waals surface area contributed by atoms with Crippen molar-refractivity contribution in [3.63, 3.8) is 0 Å². The molecule has 1 atom stereocenters. The summed E-state index contributed by atoms with van der Waals surface area (Å²) < 4.78 is 28.8. The Bertz CT molecular complexity index is 1770. The van der Waals surface area contributed by atoms with Crippen LogP contribution in [0.15, 0.2) is 67.0 Å². The Morgan fingerprint density at radius 2 is 1.82 bits per heavy atom. The zero-order valence-electron chi connectivity index (χ0n) is 19.8. The van der Waals surface area contributed by atoms with Gasteiger partial charge in [-0.25, -0.2) is 13.5 Å². The van der Waals surface area contributed by atoms with Crippen molar-refractivity contribution in [3.8, 4) is 12.1 Å². The zero-order valence-corrected chi connectivity index (χ0v) is 21.3. The molecule has 0 saturated carbocycles. The lowest BCUT2D eigenvalue weighted by molar-refractivity contribution is 0.626. The lowest BCUT2D eigenvalue weighted by Gasteiger charge is -2.21. The fourth-order valence-corrected chi connectivity index (χ4v) is 4.45. The number of halogens is 4. The number of benzene rings is 3. The van der Waals surface area contributed by atoms with Gasteiger partial charge in [-0.05, 0) is 48.0 Å². The van der Waals surface area contributed by atoms with Gasteiger partial charge in [0.05, 0.1) is 45.8 Å². The monoisotopic (exact) mass is 560 g/mol. The van der Waals surface area contributed by atoms with Gasteiger partial charge < -0.3 is 10.6 Å². The number of hydrogen-bond donors (Lipinski definition) is 2. The van der Waals surface area contributed by atoms with Gasteiger partial charge in [0.2, 0.25) is 0 Å². The van der Waals surface area contributed by atoms with Gasteiger partial charge in [-0.3, -0.25) is 4.98 Å². The highest BCUT2D eigenvalue weighted by molar-refractivity contribution is 6.32. The van der Waals surface area contributed by atoms with Gasteiger partial charge in [-0.15, -0.1) is 5.10 Å². The number of rotatable bonds is 7. The van der Waals surface area contributed by atoms with Crippen molar-refractivity contribution in [2.45, 2.75) is 12.6 Å². The van der Waals surface area contributed by atoms with Gasteiger partial charge in [0.25, 0.3) is 0 Å². The summed E-state index contributed by atoms with van der Waals surface area (Å²) in [7, 11) is 0. The highest BCUT2D eigenvalue weighted by Crippen LogP contribution is 2.37. The summed E-state index contributed by atoms with van der Waals surface area (Å²) in [6.07, 6.45) is 3.02. The summed E-state index contributed by atoms with van der Waals surface area (Å²) in [5.41, 5.74) is 3.18. The molecular weight excluding hydrogens is 545 g/mol. The molecule has 0 amide bonds. The molecule has 0 spiro atoms. The largest absolute Gasteiger partial charge is 0.371 e. The lowest BCUT2D eigenvalue weighted by Crippen LogP contribution is -2.14. The molecule has 0 aliphatic rings. The van der Waals surface area contributed by atoms with Crippen LogP contribution in [0.4, 0.5) is 25.8 Å². The van der Waals surface area contributed by atoms with E-state index in [-0.39, 0.29) is 17.1 Å². The van der Waals surface area contributed by atoms with E-state index < -0.39 is 17.7 Å². The number of aromatic nitrogens is 4. The first-order chi connectivity index (χ1) is 18.9. The van der Waals surface area contributed by atoms with E-state index in [1.54, 1.807) is 30.5 Å². The molecule has 2 heterocycles. The fourth-order valence-electron chi connectivity index (χ4n) is 4.05. The highest BCUT2D eigenvalue weighted by Gasteiger charge is 2.21. The highest BCUT2D eigenvalue weighted by atomic mass is 35.5. The van der Waals surface area contributed by atoms with E-state index in [9.17, 15) is 14.0 Å². The first kappa shape index (κ1) is 25.9. The quantitative estimate of drug-likeness (QED) is 0.226. The third-order valence-electron chi connectivity index (χ3n) is 5.83. The van der Waals surface area contributed by atoms with Crippen molar-refractivity contribution in [1.82, 2.24) is 20.0 Å². The van der Waals surface area contributed by atoms with Crippen LogP contribution in [0.3, 0.4) is 0 Å². The number of nitrogens with zero attached hydrogens (tertiary/aromatic N) is 6. The molecule has 0 aliphatic heterocycles. The van der Waals surface area contributed by atoms with Gasteiger partial charge in [0.1, 0.15) is 29.9 Å². The normalized spacial score (nSPS) is 11.5. The average molecular weight is 561 g/mol. The van der Waals surface area contributed by atoms with Crippen molar-refractivity contribution in [1.29, 1.82) is 10.5 Å². The van der Waals surface area contributed by atoms with Crippen LogP contribution in [0.2, 0.25) is 10.0 Å². The fraction of sp³-hybridized carbons (Fsp3) is 0.0741. The van der Waals surface area contributed by atoms with Crippen LogP contribution in [0.25, 0.3) is 10.9 Å². The van der Waals surface area contributed by atoms with Crippen LogP contribution in [0.5, 0.6) is 0 Å². The third-order valence-corrected chi connectivity index (χ3v) is 6.34. The van der Waals surface area contributed by atoms with Crippen molar-refractivity contribution in [2.24, 2.45) is 0 Å². The Labute approximate surface area is 231 Å². The molecule has 2 N–H and O–H groups in total. The molecule has 12 heteroatoms.